The van der Waals surface area contributed by atoms with Gasteiger partial charge in [0.2, 0.25) is 0 Å². The maximum absolute atomic E-state index is 3.50. The van der Waals surface area contributed by atoms with Gasteiger partial charge in [-0.15, -0.1) is 0 Å². The molecule has 0 aliphatic rings. The number of halogens is 1. The van der Waals surface area contributed by atoms with Crippen molar-refractivity contribution < 1.29 is 0 Å². The maximum Gasteiger partial charge on any atom is 0.0233 e. The third-order valence-corrected chi connectivity index (χ3v) is 3.43. The van der Waals surface area contributed by atoms with Crippen molar-refractivity contribution in [2.75, 3.05) is 18.4 Å². The van der Waals surface area contributed by atoms with Crippen molar-refractivity contribution in [2.45, 2.75) is 39.7 Å². The van der Waals surface area contributed by atoms with Gasteiger partial charge in [-0.05, 0) is 23.1 Å². The summed E-state index contributed by atoms with van der Waals surface area (Å²) in [6, 6.07) is 9.05. The zero-order valence-electron chi connectivity index (χ0n) is 11.5. The number of alkyl halides is 1. The lowest BCUT2D eigenvalue weighted by Crippen LogP contribution is -2.24. The Bertz CT molecular complexity index is 324. The molecule has 0 spiro atoms. The highest BCUT2D eigenvalue weighted by molar-refractivity contribution is 9.09. The van der Waals surface area contributed by atoms with Crippen LogP contribution in [0.4, 0.5) is 0 Å². The van der Waals surface area contributed by atoms with Crippen molar-refractivity contribution in [3.8, 4) is 0 Å². The molecular formula is C15H24BrN. The molecule has 0 atom stereocenters. The van der Waals surface area contributed by atoms with E-state index >= 15 is 0 Å². The Balaban J connectivity index is 2.68. The van der Waals surface area contributed by atoms with Crippen LogP contribution in [0.3, 0.4) is 0 Å². The molecule has 17 heavy (non-hydrogen) atoms. The van der Waals surface area contributed by atoms with Crippen LogP contribution >= 0.6 is 15.9 Å². The fourth-order valence-electron chi connectivity index (χ4n) is 1.84. The molecule has 0 aromatic heterocycles. The predicted molar refractivity (Wildman–Crippen MR) is 79.9 cm³/mol. The van der Waals surface area contributed by atoms with Crippen LogP contribution in [-0.2, 0) is 12.0 Å². The molecule has 0 amide bonds. The molecule has 1 nitrogen and oxygen atoms in total. The monoisotopic (exact) mass is 297 g/mol. The Morgan fingerprint density at radius 1 is 1.12 bits per heavy atom. The molecule has 96 valence electrons. The Hall–Kier alpha value is -0.340. The third kappa shape index (κ3) is 4.81. The van der Waals surface area contributed by atoms with E-state index < -0.39 is 0 Å². The van der Waals surface area contributed by atoms with E-state index in [9.17, 15) is 0 Å². The van der Waals surface area contributed by atoms with Crippen LogP contribution in [0.1, 0.15) is 38.8 Å². The van der Waals surface area contributed by atoms with Crippen LogP contribution in [-0.4, -0.2) is 23.3 Å². The average Bonchev–Trinajstić information content (AvgIpc) is 2.28. The standard InChI is InChI=1S/C15H24BrN/c1-5-17(11-10-16)12-13-6-8-14(9-7-13)15(2,3)4/h6-9H,5,10-12H2,1-4H3. The molecule has 0 saturated heterocycles. The third-order valence-electron chi connectivity index (χ3n) is 3.07. The lowest BCUT2D eigenvalue weighted by atomic mass is 9.87. The minimum atomic E-state index is 0.249. The minimum absolute atomic E-state index is 0.249. The minimum Gasteiger partial charge on any atom is -0.299 e. The first-order valence-electron chi connectivity index (χ1n) is 6.35. The summed E-state index contributed by atoms with van der Waals surface area (Å²) < 4.78 is 0. The maximum atomic E-state index is 3.50. The van der Waals surface area contributed by atoms with E-state index in [1.807, 2.05) is 0 Å². The van der Waals surface area contributed by atoms with Crippen molar-refractivity contribution in [1.29, 1.82) is 0 Å². The van der Waals surface area contributed by atoms with Gasteiger partial charge in [-0.25, -0.2) is 0 Å². The summed E-state index contributed by atoms with van der Waals surface area (Å²) in [6.45, 7) is 12.2. The molecule has 1 aromatic carbocycles. The molecule has 0 radical (unpaired) electrons. The Labute approximate surface area is 114 Å². The molecule has 0 N–H and O–H groups in total. The number of hydrogen-bond donors (Lipinski definition) is 0. The molecule has 0 fully saturated rings. The summed E-state index contributed by atoms with van der Waals surface area (Å²) in [5.74, 6) is 0. The molecule has 0 aliphatic heterocycles. The summed E-state index contributed by atoms with van der Waals surface area (Å²) in [5.41, 5.74) is 3.06. The summed E-state index contributed by atoms with van der Waals surface area (Å²) in [7, 11) is 0. The van der Waals surface area contributed by atoms with Crippen molar-refractivity contribution in [3.05, 3.63) is 35.4 Å². The predicted octanol–water partition coefficient (Wildman–Crippen LogP) is 4.20. The topological polar surface area (TPSA) is 3.24 Å². The van der Waals surface area contributed by atoms with Gasteiger partial charge in [-0.1, -0.05) is 67.9 Å². The summed E-state index contributed by atoms with van der Waals surface area (Å²) in [6.07, 6.45) is 0. The van der Waals surface area contributed by atoms with E-state index in [0.717, 1.165) is 25.0 Å². The lowest BCUT2D eigenvalue weighted by molar-refractivity contribution is 0.299. The Morgan fingerprint density at radius 2 is 1.71 bits per heavy atom. The molecule has 0 unspecified atom stereocenters. The van der Waals surface area contributed by atoms with Gasteiger partial charge in [0, 0.05) is 18.4 Å². The number of nitrogens with zero attached hydrogens (tertiary/aromatic N) is 1. The van der Waals surface area contributed by atoms with Crippen molar-refractivity contribution in [3.63, 3.8) is 0 Å². The first-order chi connectivity index (χ1) is 7.97. The van der Waals surface area contributed by atoms with Crippen molar-refractivity contribution in [1.82, 2.24) is 4.90 Å². The van der Waals surface area contributed by atoms with Gasteiger partial charge >= 0.3 is 0 Å². The summed E-state index contributed by atoms with van der Waals surface area (Å²) in [4.78, 5) is 2.45. The molecular weight excluding hydrogens is 274 g/mol. The molecule has 1 rings (SSSR count). The zero-order valence-corrected chi connectivity index (χ0v) is 13.0. The molecule has 0 bridgehead atoms. The van der Waals surface area contributed by atoms with Gasteiger partial charge in [0.15, 0.2) is 0 Å². The van der Waals surface area contributed by atoms with Crippen molar-refractivity contribution >= 4 is 15.9 Å². The molecule has 0 aliphatic carbocycles. The highest BCUT2D eigenvalue weighted by atomic mass is 79.9. The Kier molecular flexibility index (Phi) is 5.68. The van der Waals surface area contributed by atoms with E-state index in [4.69, 9.17) is 0 Å². The van der Waals surface area contributed by atoms with Crippen LogP contribution in [0.15, 0.2) is 24.3 Å². The van der Waals surface area contributed by atoms with E-state index in [1.54, 1.807) is 0 Å². The second-order valence-electron chi connectivity index (χ2n) is 5.50. The number of hydrogen-bond acceptors (Lipinski definition) is 1. The van der Waals surface area contributed by atoms with Crippen LogP contribution in [0.2, 0.25) is 0 Å². The van der Waals surface area contributed by atoms with Crippen LogP contribution < -0.4 is 0 Å². The average molecular weight is 298 g/mol. The first-order valence-corrected chi connectivity index (χ1v) is 7.47. The summed E-state index contributed by atoms with van der Waals surface area (Å²) >= 11 is 3.50. The van der Waals surface area contributed by atoms with E-state index in [1.165, 1.54) is 11.1 Å². The van der Waals surface area contributed by atoms with Crippen LogP contribution in [0, 0.1) is 0 Å². The molecule has 0 saturated carbocycles. The second kappa shape index (κ2) is 6.55. The van der Waals surface area contributed by atoms with E-state index in [2.05, 4.69) is 72.8 Å². The molecule has 1 aromatic rings. The summed E-state index contributed by atoms with van der Waals surface area (Å²) in [5, 5.41) is 1.04. The van der Waals surface area contributed by atoms with E-state index in [0.29, 0.717) is 0 Å². The first kappa shape index (κ1) is 14.7. The van der Waals surface area contributed by atoms with Gasteiger partial charge in [-0.2, -0.15) is 0 Å². The van der Waals surface area contributed by atoms with E-state index in [-0.39, 0.29) is 5.41 Å². The molecule has 0 heterocycles. The van der Waals surface area contributed by atoms with Gasteiger partial charge < -0.3 is 0 Å². The lowest BCUT2D eigenvalue weighted by Gasteiger charge is -2.21. The van der Waals surface area contributed by atoms with Crippen molar-refractivity contribution in [2.24, 2.45) is 0 Å². The smallest absolute Gasteiger partial charge is 0.0233 e. The van der Waals surface area contributed by atoms with Gasteiger partial charge in [0.05, 0.1) is 0 Å². The normalized spacial score (nSPS) is 12.1. The quantitative estimate of drug-likeness (QED) is 0.736. The fourth-order valence-corrected chi connectivity index (χ4v) is 2.34. The van der Waals surface area contributed by atoms with Crippen LogP contribution in [0.25, 0.3) is 0 Å². The Morgan fingerprint density at radius 3 is 2.12 bits per heavy atom. The second-order valence-corrected chi connectivity index (χ2v) is 6.30. The van der Waals surface area contributed by atoms with Crippen LogP contribution in [0.5, 0.6) is 0 Å². The highest BCUT2D eigenvalue weighted by Crippen LogP contribution is 2.22. The van der Waals surface area contributed by atoms with Gasteiger partial charge in [0.25, 0.3) is 0 Å². The van der Waals surface area contributed by atoms with Gasteiger partial charge in [0.1, 0.15) is 0 Å². The highest BCUT2D eigenvalue weighted by Gasteiger charge is 2.13. The van der Waals surface area contributed by atoms with Gasteiger partial charge in [-0.3, -0.25) is 4.90 Å². The fraction of sp³-hybridized carbons (Fsp3) is 0.600. The zero-order chi connectivity index (χ0) is 12.9. The number of rotatable bonds is 5. The largest absolute Gasteiger partial charge is 0.299 e. The number of benzene rings is 1. The molecule has 2 heteroatoms. The SMILES string of the molecule is CCN(CCBr)Cc1ccc(C(C)(C)C)cc1.